The summed E-state index contributed by atoms with van der Waals surface area (Å²) in [6.07, 6.45) is 2.94. The molecule has 0 atom stereocenters. The van der Waals surface area contributed by atoms with Crippen molar-refractivity contribution in [1.29, 1.82) is 0 Å². The lowest BCUT2D eigenvalue weighted by Gasteiger charge is -2.14. The van der Waals surface area contributed by atoms with Crippen molar-refractivity contribution in [3.8, 4) is 11.5 Å². The monoisotopic (exact) mass is 436 g/mol. The van der Waals surface area contributed by atoms with E-state index in [4.69, 9.17) is 38.4 Å². The van der Waals surface area contributed by atoms with Gasteiger partial charge in [0.1, 0.15) is 0 Å². The first kappa shape index (κ1) is 22.6. The second-order valence-electron chi connectivity index (χ2n) is 6.62. The molecule has 0 aromatic heterocycles. The summed E-state index contributed by atoms with van der Waals surface area (Å²) in [5.41, 5.74) is 6.49. The molecule has 0 aliphatic heterocycles. The number of rotatable bonds is 8. The molecule has 8 heteroatoms. The maximum Gasteiger partial charge on any atom is 0.250 e. The van der Waals surface area contributed by atoms with E-state index in [2.05, 4.69) is 5.32 Å². The smallest absolute Gasteiger partial charge is 0.250 e. The molecule has 6 nitrogen and oxygen atoms in total. The molecule has 2 aromatic rings. The maximum atomic E-state index is 12.2. The normalized spacial score (nSPS) is 11.0. The zero-order valence-corrected chi connectivity index (χ0v) is 17.8. The van der Waals surface area contributed by atoms with Crippen LogP contribution in [0.4, 0.5) is 5.69 Å². The van der Waals surface area contributed by atoms with Gasteiger partial charge in [0.25, 0.3) is 0 Å². The second kappa shape index (κ2) is 10.2. The molecule has 2 aromatic carbocycles. The molecule has 0 radical (unpaired) electrons. The molecule has 2 rings (SSSR count). The highest BCUT2D eigenvalue weighted by Crippen LogP contribution is 2.37. The predicted octanol–water partition coefficient (Wildman–Crippen LogP) is 4.79. The van der Waals surface area contributed by atoms with Gasteiger partial charge in [-0.15, -0.1) is 0 Å². The SMILES string of the molecule is COc1cc(/C=C/C(=O)Nc2ccc(C(N)=O)c(Cl)c2)cc(Cl)c1OCC(C)C. The van der Waals surface area contributed by atoms with Gasteiger partial charge in [0.2, 0.25) is 11.8 Å². The number of ether oxygens (including phenoxy) is 2. The summed E-state index contributed by atoms with van der Waals surface area (Å²) in [6.45, 7) is 4.57. The Kier molecular flexibility index (Phi) is 7.93. The first-order valence-electron chi connectivity index (χ1n) is 8.80. The van der Waals surface area contributed by atoms with E-state index in [-0.39, 0.29) is 16.5 Å². The Bertz CT molecular complexity index is 943. The number of primary amides is 1. The summed E-state index contributed by atoms with van der Waals surface area (Å²) in [5.74, 6) is 0.257. The van der Waals surface area contributed by atoms with Gasteiger partial charge in [-0.3, -0.25) is 9.59 Å². The molecule has 0 heterocycles. The molecular formula is C21H22Cl2N2O4. The Hall–Kier alpha value is -2.70. The Morgan fingerprint density at radius 1 is 1.17 bits per heavy atom. The molecule has 0 aliphatic rings. The molecule has 3 N–H and O–H groups in total. The third-order valence-electron chi connectivity index (χ3n) is 3.74. The predicted molar refractivity (Wildman–Crippen MR) is 116 cm³/mol. The zero-order chi connectivity index (χ0) is 21.6. The molecule has 0 saturated heterocycles. The molecule has 154 valence electrons. The van der Waals surface area contributed by atoms with Crippen LogP contribution < -0.4 is 20.5 Å². The second-order valence-corrected chi connectivity index (χ2v) is 7.43. The van der Waals surface area contributed by atoms with Gasteiger partial charge < -0.3 is 20.5 Å². The van der Waals surface area contributed by atoms with E-state index in [0.717, 1.165) is 0 Å². The fourth-order valence-electron chi connectivity index (χ4n) is 2.37. The fourth-order valence-corrected chi connectivity index (χ4v) is 2.92. The van der Waals surface area contributed by atoms with Crippen LogP contribution in [0.5, 0.6) is 11.5 Å². The Morgan fingerprint density at radius 3 is 2.48 bits per heavy atom. The van der Waals surface area contributed by atoms with E-state index in [1.165, 1.54) is 25.3 Å². The molecular weight excluding hydrogens is 415 g/mol. The Labute approximate surface area is 179 Å². The molecule has 0 fully saturated rings. The van der Waals surface area contributed by atoms with Crippen LogP contribution in [-0.2, 0) is 4.79 Å². The molecule has 0 spiro atoms. The van der Waals surface area contributed by atoms with E-state index >= 15 is 0 Å². The topological polar surface area (TPSA) is 90.6 Å². The Balaban J connectivity index is 2.12. The number of methoxy groups -OCH3 is 1. The van der Waals surface area contributed by atoms with Crippen molar-refractivity contribution in [2.24, 2.45) is 11.7 Å². The number of carbonyl (C=O) groups excluding carboxylic acids is 2. The van der Waals surface area contributed by atoms with E-state index in [0.29, 0.717) is 40.3 Å². The van der Waals surface area contributed by atoms with Crippen molar-refractivity contribution in [3.63, 3.8) is 0 Å². The largest absolute Gasteiger partial charge is 0.493 e. The van der Waals surface area contributed by atoms with Crippen LogP contribution >= 0.6 is 23.2 Å². The molecule has 2 amide bonds. The minimum Gasteiger partial charge on any atom is -0.493 e. The average Bonchev–Trinajstić information content (AvgIpc) is 2.64. The molecule has 29 heavy (non-hydrogen) atoms. The highest BCUT2D eigenvalue weighted by atomic mass is 35.5. The van der Waals surface area contributed by atoms with Crippen molar-refractivity contribution in [2.45, 2.75) is 13.8 Å². The van der Waals surface area contributed by atoms with Gasteiger partial charge in [-0.25, -0.2) is 0 Å². The summed E-state index contributed by atoms with van der Waals surface area (Å²) in [4.78, 5) is 23.4. The van der Waals surface area contributed by atoms with Crippen molar-refractivity contribution < 1.29 is 19.1 Å². The minimum atomic E-state index is -0.639. The lowest BCUT2D eigenvalue weighted by molar-refractivity contribution is -0.111. The number of carbonyl (C=O) groups is 2. The minimum absolute atomic E-state index is 0.160. The summed E-state index contributed by atoms with van der Waals surface area (Å²) >= 11 is 12.3. The molecule has 0 aliphatic carbocycles. The maximum absolute atomic E-state index is 12.2. The van der Waals surface area contributed by atoms with E-state index in [1.807, 2.05) is 13.8 Å². The summed E-state index contributed by atoms with van der Waals surface area (Å²) in [6, 6.07) is 7.85. The number of anilines is 1. The van der Waals surface area contributed by atoms with Crippen molar-refractivity contribution in [3.05, 3.63) is 57.6 Å². The van der Waals surface area contributed by atoms with Crippen LogP contribution in [-0.4, -0.2) is 25.5 Å². The standard InChI is InChI=1S/C21H22Cl2N2O4/c1-12(2)11-29-20-17(23)8-13(9-18(20)28-3)4-7-19(26)25-14-5-6-15(21(24)27)16(22)10-14/h4-10,12H,11H2,1-3H3,(H2,24,27)(H,25,26)/b7-4+. The van der Waals surface area contributed by atoms with Gasteiger partial charge in [0.05, 0.1) is 29.3 Å². The van der Waals surface area contributed by atoms with Crippen LogP contribution in [0.2, 0.25) is 10.0 Å². The molecule has 0 bridgehead atoms. The van der Waals surface area contributed by atoms with Crippen molar-refractivity contribution >= 4 is 46.8 Å². The van der Waals surface area contributed by atoms with Crippen LogP contribution in [0.1, 0.15) is 29.8 Å². The van der Waals surface area contributed by atoms with Gasteiger partial charge >= 0.3 is 0 Å². The third kappa shape index (κ3) is 6.41. The van der Waals surface area contributed by atoms with Crippen molar-refractivity contribution in [2.75, 3.05) is 19.0 Å². The van der Waals surface area contributed by atoms with Gasteiger partial charge in [0.15, 0.2) is 11.5 Å². The van der Waals surface area contributed by atoms with Gasteiger partial charge in [-0.1, -0.05) is 37.0 Å². The van der Waals surface area contributed by atoms with Crippen LogP contribution in [0, 0.1) is 5.92 Å². The van der Waals surface area contributed by atoms with E-state index in [1.54, 1.807) is 24.3 Å². The zero-order valence-electron chi connectivity index (χ0n) is 16.3. The van der Waals surface area contributed by atoms with Gasteiger partial charge in [0, 0.05) is 11.8 Å². The first-order valence-corrected chi connectivity index (χ1v) is 9.55. The lowest BCUT2D eigenvalue weighted by atomic mass is 10.1. The highest BCUT2D eigenvalue weighted by molar-refractivity contribution is 6.34. The summed E-state index contributed by atoms with van der Waals surface area (Å²) < 4.78 is 11.1. The molecule has 0 unspecified atom stereocenters. The number of nitrogens with one attached hydrogen (secondary N) is 1. The quantitative estimate of drug-likeness (QED) is 0.581. The molecule has 0 saturated carbocycles. The number of halogens is 2. The summed E-state index contributed by atoms with van der Waals surface area (Å²) in [5, 5.41) is 3.20. The fraction of sp³-hybridized carbons (Fsp3) is 0.238. The van der Waals surface area contributed by atoms with Crippen LogP contribution in [0.15, 0.2) is 36.4 Å². The highest BCUT2D eigenvalue weighted by Gasteiger charge is 2.12. The summed E-state index contributed by atoms with van der Waals surface area (Å²) in [7, 11) is 1.52. The number of hydrogen-bond acceptors (Lipinski definition) is 4. The lowest BCUT2D eigenvalue weighted by Crippen LogP contribution is -2.12. The van der Waals surface area contributed by atoms with Crippen molar-refractivity contribution in [1.82, 2.24) is 0 Å². The third-order valence-corrected chi connectivity index (χ3v) is 4.34. The van der Waals surface area contributed by atoms with E-state index < -0.39 is 5.91 Å². The number of benzene rings is 2. The van der Waals surface area contributed by atoms with Gasteiger partial charge in [-0.05, 0) is 47.9 Å². The Morgan fingerprint density at radius 2 is 1.90 bits per heavy atom. The van der Waals surface area contributed by atoms with Gasteiger partial charge in [-0.2, -0.15) is 0 Å². The van der Waals surface area contributed by atoms with E-state index in [9.17, 15) is 9.59 Å². The van der Waals surface area contributed by atoms with Crippen LogP contribution in [0.3, 0.4) is 0 Å². The number of nitrogens with two attached hydrogens (primary N) is 1. The van der Waals surface area contributed by atoms with Crippen LogP contribution in [0.25, 0.3) is 6.08 Å². The average molecular weight is 437 g/mol. The number of amides is 2. The first-order chi connectivity index (χ1) is 13.7. The number of hydrogen-bond donors (Lipinski definition) is 2.